The fraction of sp³-hybridized carbons (Fsp3) is 0.167. The third-order valence-electron chi connectivity index (χ3n) is 5.86. The van der Waals surface area contributed by atoms with E-state index >= 15 is 0 Å². The van der Waals surface area contributed by atoms with Crippen molar-refractivity contribution < 1.29 is 19.4 Å². The number of aromatic carboxylic acids is 1. The monoisotopic (exact) mass is 471 g/mol. The van der Waals surface area contributed by atoms with Gasteiger partial charge in [-0.05, 0) is 30.7 Å². The summed E-state index contributed by atoms with van der Waals surface area (Å²) in [5.41, 5.74) is 8.61. The minimum absolute atomic E-state index is 0.0487. The van der Waals surface area contributed by atoms with Crippen LogP contribution in [0, 0.1) is 0 Å². The van der Waals surface area contributed by atoms with Gasteiger partial charge in [0.25, 0.3) is 0 Å². The fourth-order valence-corrected chi connectivity index (χ4v) is 4.17. The zero-order valence-electron chi connectivity index (χ0n) is 18.5. The van der Waals surface area contributed by atoms with Crippen LogP contribution >= 0.6 is 0 Å². The molecule has 3 N–H and O–H groups in total. The Morgan fingerprint density at radius 2 is 1.97 bits per heavy atom. The molecule has 0 bridgehead atoms. The number of carbonyl (C=O) groups is 2. The van der Waals surface area contributed by atoms with Gasteiger partial charge in [0.05, 0.1) is 16.8 Å². The highest BCUT2D eigenvalue weighted by Gasteiger charge is 2.30. The highest BCUT2D eigenvalue weighted by molar-refractivity contribution is 5.88. The average molecular weight is 471 g/mol. The summed E-state index contributed by atoms with van der Waals surface area (Å²) in [5.74, 6) is 0.0842. The van der Waals surface area contributed by atoms with Crippen molar-refractivity contribution in [3.63, 3.8) is 0 Å². The van der Waals surface area contributed by atoms with E-state index in [-0.39, 0.29) is 35.1 Å². The number of ether oxygens (including phenoxy) is 1. The molecular formula is C24H21N7O4. The van der Waals surface area contributed by atoms with E-state index < -0.39 is 5.97 Å². The molecule has 1 unspecified atom stereocenters. The Morgan fingerprint density at radius 1 is 1.14 bits per heavy atom. The maximum atomic E-state index is 12.0. The molecule has 1 aliphatic rings. The molecule has 1 aliphatic heterocycles. The van der Waals surface area contributed by atoms with E-state index in [0.29, 0.717) is 24.5 Å². The molecule has 0 aromatic carbocycles. The molecule has 35 heavy (non-hydrogen) atoms. The lowest BCUT2D eigenvalue weighted by molar-refractivity contribution is -0.125. The molecule has 1 fully saturated rings. The number of carboxylic acid groups (broad SMARTS) is 1. The Morgan fingerprint density at radius 3 is 2.71 bits per heavy atom. The molecule has 0 radical (unpaired) electrons. The molecule has 1 amide bonds. The molecule has 1 saturated heterocycles. The third-order valence-corrected chi connectivity index (χ3v) is 5.86. The van der Waals surface area contributed by atoms with Gasteiger partial charge in [0.1, 0.15) is 5.82 Å². The first-order chi connectivity index (χ1) is 16.9. The number of carbonyl (C=O) groups excluding carboxylic acids is 1. The second-order valence-electron chi connectivity index (χ2n) is 7.99. The van der Waals surface area contributed by atoms with E-state index in [1.807, 2.05) is 6.07 Å². The van der Waals surface area contributed by atoms with E-state index in [4.69, 9.17) is 20.6 Å². The van der Waals surface area contributed by atoms with E-state index in [0.717, 1.165) is 17.6 Å². The van der Waals surface area contributed by atoms with Gasteiger partial charge < -0.3 is 20.5 Å². The summed E-state index contributed by atoms with van der Waals surface area (Å²) in [7, 11) is 0. The number of amides is 1. The zero-order valence-corrected chi connectivity index (χ0v) is 18.5. The van der Waals surface area contributed by atoms with Crippen LogP contribution in [0.15, 0.2) is 61.6 Å². The molecule has 5 rings (SSSR count). The Kier molecular flexibility index (Phi) is 5.57. The molecule has 4 aromatic rings. The number of nitrogen functional groups attached to an aromatic ring is 1. The Balaban J connectivity index is 1.46. The van der Waals surface area contributed by atoms with Crippen molar-refractivity contribution in [3.8, 4) is 23.1 Å². The van der Waals surface area contributed by atoms with Crippen LogP contribution in [-0.4, -0.2) is 59.3 Å². The lowest BCUT2D eigenvalue weighted by atomic mass is 10.0. The lowest BCUT2D eigenvalue weighted by Gasteiger charge is -2.13. The average Bonchev–Trinajstić information content (AvgIpc) is 3.50. The normalized spacial score (nSPS) is 15.3. The number of aromatic nitrogens is 5. The third kappa shape index (κ3) is 4.14. The Hall–Kier alpha value is -4.80. The minimum Gasteiger partial charge on any atom is -0.478 e. The second-order valence-corrected chi connectivity index (χ2v) is 7.99. The number of likely N-dealkylation sites (tertiary alicyclic amines) is 1. The summed E-state index contributed by atoms with van der Waals surface area (Å²) in [6, 6.07) is 7.96. The number of rotatable bonds is 6. The van der Waals surface area contributed by atoms with Crippen molar-refractivity contribution in [2.24, 2.45) is 0 Å². The van der Waals surface area contributed by atoms with Crippen molar-refractivity contribution in [2.75, 3.05) is 18.8 Å². The maximum absolute atomic E-state index is 12.0. The van der Waals surface area contributed by atoms with Gasteiger partial charge in [-0.3, -0.25) is 9.20 Å². The van der Waals surface area contributed by atoms with Crippen molar-refractivity contribution >= 4 is 23.3 Å². The topological polar surface area (TPSA) is 149 Å². The molecule has 176 valence electrons. The number of carboxylic acids is 1. The number of nitrogens with two attached hydrogens (primary N) is 1. The molecule has 0 aliphatic carbocycles. The maximum Gasteiger partial charge on any atom is 0.335 e. The van der Waals surface area contributed by atoms with Crippen LogP contribution in [0.25, 0.3) is 16.9 Å². The van der Waals surface area contributed by atoms with Gasteiger partial charge in [-0.15, -0.1) is 0 Å². The summed E-state index contributed by atoms with van der Waals surface area (Å²) < 4.78 is 7.37. The molecule has 11 nitrogen and oxygen atoms in total. The molecule has 4 aromatic heterocycles. The van der Waals surface area contributed by atoms with E-state index in [2.05, 4.69) is 21.5 Å². The van der Waals surface area contributed by atoms with Crippen molar-refractivity contribution in [2.45, 2.75) is 12.3 Å². The zero-order chi connectivity index (χ0) is 24.5. The van der Waals surface area contributed by atoms with E-state index in [1.165, 1.54) is 24.4 Å². The molecule has 0 spiro atoms. The first-order valence-electron chi connectivity index (χ1n) is 10.8. The minimum atomic E-state index is -1.08. The number of hydrogen-bond acceptors (Lipinski definition) is 8. The first-order valence-corrected chi connectivity index (χ1v) is 10.8. The van der Waals surface area contributed by atoms with Crippen molar-refractivity contribution in [1.29, 1.82) is 0 Å². The highest BCUT2D eigenvalue weighted by atomic mass is 16.5. The summed E-state index contributed by atoms with van der Waals surface area (Å²) in [6.07, 6.45) is 6.68. The summed E-state index contributed by atoms with van der Waals surface area (Å²) in [4.78, 5) is 42.4. The van der Waals surface area contributed by atoms with E-state index in [1.54, 1.807) is 33.8 Å². The van der Waals surface area contributed by atoms with Crippen molar-refractivity contribution in [1.82, 2.24) is 29.2 Å². The number of hydrogen-bond donors (Lipinski definition) is 2. The molecule has 11 heteroatoms. The van der Waals surface area contributed by atoms with Gasteiger partial charge in [-0.25, -0.2) is 24.7 Å². The summed E-state index contributed by atoms with van der Waals surface area (Å²) in [5, 5.41) is 9.13. The lowest BCUT2D eigenvalue weighted by Crippen LogP contribution is -2.26. The predicted octanol–water partition coefficient (Wildman–Crippen LogP) is 2.76. The number of fused-ring (bicyclic) bond motifs is 1. The SMILES string of the molecule is C=CC(=O)N1CCC(c2nc(-c3ccc(Oc4cc(C(=O)O)ccn4)nc3)n3c(N)nccc23)C1. The van der Waals surface area contributed by atoms with Crippen LogP contribution in [0.2, 0.25) is 0 Å². The van der Waals surface area contributed by atoms with Gasteiger partial charge in [0.15, 0.2) is 0 Å². The number of imidazole rings is 1. The van der Waals surface area contributed by atoms with Crippen LogP contribution in [-0.2, 0) is 4.79 Å². The van der Waals surface area contributed by atoms with Crippen LogP contribution < -0.4 is 10.5 Å². The Bertz CT molecular complexity index is 1450. The Labute approximate surface area is 199 Å². The van der Waals surface area contributed by atoms with Gasteiger partial charge in [-0.1, -0.05) is 6.58 Å². The quantitative estimate of drug-likeness (QED) is 0.405. The first kappa shape index (κ1) is 22.0. The van der Waals surface area contributed by atoms with Crippen molar-refractivity contribution in [3.05, 3.63) is 72.8 Å². The van der Waals surface area contributed by atoms with Gasteiger partial charge >= 0.3 is 5.97 Å². The van der Waals surface area contributed by atoms with Crippen LogP contribution in [0.4, 0.5) is 5.95 Å². The predicted molar refractivity (Wildman–Crippen MR) is 126 cm³/mol. The highest BCUT2D eigenvalue weighted by Crippen LogP contribution is 2.34. The molecule has 5 heterocycles. The summed E-state index contributed by atoms with van der Waals surface area (Å²) in [6.45, 7) is 4.75. The summed E-state index contributed by atoms with van der Waals surface area (Å²) >= 11 is 0. The van der Waals surface area contributed by atoms with Gasteiger partial charge in [0, 0.05) is 55.3 Å². The molecule has 0 saturated carbocycles. The van der Waals surface area contributed by atoms with E-state index in [9.17, 15) is 9.59 Å². The smallest absolute Gasteiger partial charge is 0.335 e. The number of pyridine rings is 2. The number of nitrogens with zero attached hydrogens (tertiary/aromatic N) is 6. The fourth-order valence-electron chi connectivity index (χ4n) is 4.17. The van der Waals surface area contributed by atoms with Crippen LogP contribution in [0.5, 0.6) is 11.8 Å². The standard InChI is InChI=1S/C24H21N7O4/c1-2-20(32)30-10-7-16(13-30)21-17-6-9-27-24(25)31(17)22(29-21)15-3-4-18(28-12-15)35-19-11-14(23(33)34)5-8-26-19/h2-6,8-9,11-12,16H,1,7,10,13H2,(H2,25,27)(H,33,34). The van der Waals surface area contributed by atoms with Crippen LogP contribution in [0.3, 0.4) is 0 Å². The molecule has 1 atom stereocenters. The molecular weight excluding hydrogens is 450 g/mol. The second kappa shape index (κ2) is 8.86. The number of anilines is 1. The largest absolute Gasteiger partial charge is 0.478 e. The van der Waals surface area contributed by atoms with Crippen LogP contribution in [0.1, 0.15) is 28.4 Å². The van der Waals surface area contributed by atoms with Gasteiger partial charge in [-0.2, -0.15) is 0 Å². The van der Waals surface area contributed by atoms with Gasteiger partial charge in [0.2, 0.25) is 23.6 Å².